The van der Waals surface area contributed by atoms with Crippen LogP contribution in [0.4, 0.5) is 5.69 Å². The summed E-state index contributed by atoms with van der Waals surface area (Å²) in [6.07, 6.45) is 2.06. The number of aliphatic carboxylic acids is 1. The minimum atomic E-state index is -1.04. The molecule has 2 aliphatic heterocycles. The lowest BCUT2D eigenvalue weighted by atomic mass is 9.84. The number of pyridine rings is 1. The summed E-state index contributed by atoms with van der Waals surface area (Å²) in [6.45, 7) is 10.1. The van der Waals surface area contributed by atoms with Crippen molar-refractivity contribution >= 4 is 29.2 Å². The van der Waals surface area contributed by atoms with Gasteiger partial charge in [-0.25, -0.2) is 9.78 Å². The largest absolute Gasteiger partial charge is 0.491 e. The Morgan fingerprint density at radius 1 is 1.09 bits per heavy atom. The van der Waals surface area contributed by atoms with Gasteiger partial charge in [0, 0.05) is 43.4 Å². The van der Waals surface area contributed by atoms with Gasteiger partial charge < -0.3 is 34.4 Å². The summed E-state index contributed by atoms with van der Waals surface area (Å²) < 4.78 is 17.0. The van der Waals surface area contributed by atoms with Crippen LogP contribution in [-0.2, 0) is 21.5 Å². The number of ether oxygens (including phenoxy) is 3. The number of carboxylic acid groups (broad SMARTS) is 1. The quantitative estimate of drug-likeness (QED) is 0.232. The Bertz CT molecular complexity index is 1400. The van der Waals surface area contributed by atoms with Gasteiger partial charge in [-0.15, -0.1) is 0 Å². The third-order valence-electron chi connectivity index (χ3n) is 7.39. The number of fused-ring (bicyclic) bond motifs is 1. The minimum absolute atomic E-state index is 0.0409. The van der Waals surface area contributed by atoms with E-state index in [9.17, 15) is 14.4 Å². The zero-order valence-electron chi connectivity index (χ0n) is 25.5. The van der Waals surface area contributed by atoms with E-state index in [0.717, 1.165) is 42.7 Å². The molecule has 12 nitrogen and oxygen atoms in total. The number of amides is 1. The van der Waals surface area contributed by atoms with E-state index in [1.54, 1.807) is 11.0 Å². The van der Waals surface area contributed by atoms with Gasteiger partial charge in [-0.05, 0) is 43.4 Å². The summed E-state index contributed by atoms with van der Waals surface area (Å²) in [5.74, 6) is -0.516. The van der Waals surface area contributed by atoms with Crippen molar-refractivity contribution in [2.75, 3.05) is 58.0 Å². The van der Waals surface area contributed by atoms with Crippen LogP contribution in [0.1, 0.15) is 78.2 Å². The van der Waals surface area contributed by atoms with E-state index in [4.69, 9.17) is 24.7 Å². The highest BCUT2D eigenvalue weighted by Crippen LogP contribution is 2.41. The van der Waals surface area contributed by atoms with E-state index in [1.807, 2.05) is 19.1 Å². The van der Waals surface area contributed by atoms with E-state index < -0.39 is 18.5 Å². The average Bonchev–Trinajstić information content (AvgIpc) is 3.59. The zero-order chi connectivity index (χ0) is 31.3. The monoisotopic (exact) mass is 595 g/mol. The first-order chi connectivity index (χ1) is 20.4. The van der Waals surface area contributed by atoms with Crippen LogP contribution in [0.15, 0.2) is 18.2 Å². The molecule has 0 radical (unpaired) electrons. The fourth-order valence-electron chi connectivity index (χ4n) is 5.28. The molecule has 1 amide bonds. The fraction of sp³-hybridized carbons (Fsp3) is 0.516. The molecule has 0 atom stereocenters. The van der Waals surface area contributed by atoms with Crippen molar-refractivity contribution in [3.63, 3.8) is 0 Å². The summed E-state index contributed by atoms with van der Waals surface area (Å²) in [4.78, 5) is 45.4. The van der Waals surface area contributed by atoms with Gasteiger partial charge in [0.15, 0.2) is 17.2 Å². The topological polar surface area (TPSA) is 154 Å². The van der Waals surface area contributed by atoms with Crippen molar-refractivity contribution in [2.24, 2.45) is 0 Å². The van der Waals surface area contributed by atoms with Crippen molar-refractivity contribution in [1.29, 1.82) is 5.41 Å². The molecule has 1 fully saturated rings. The summed E-state index contributed by atoms with van der Waals surface area (Å²) >= 11 is 0. The molecule has 1 saturated heterocycles. The van der Waals surface area contributed by atoms with E-state index in [2.05, 4.69) is 36.0 Å². The molecule has 0 saturated carbocycles. The molecule has 0 unspecified atom stereocenters. The Morgan fingerprint density at radius 3 is 2.44 bits per heavy atom. The number of carboxylic acids is 1. The van der Waals surface area contributed by atoms with Gasteiger partial charge in [-0.1, -0.05) is 20.8 Å². The lowest BCUT2D eigenvalue weighted by molar-refractivity contribution is -0.142. The molecule has 43 heavy (non-hydrogen) atoms. The number of amidine groups is 1. The molecule has 1 aromatic heterocycles. The van der Waals surface area contributed by atoms with Crippen molar-refractivity contribution in [2.45, 2.75) is 52.5 Å². The number of aromatic nitrogens is 1. The molecule has 3 N–H and O–H groups in total. The lowest BCUT2D eigenvalue weighted by Crippen LogP contribution is -2.31. The van der Waals surface area contributed by atoms with Gasteiger partial charge >= 0.3 is 5.97 Å². The maximum absolute atomic E-state index is 13.8. The highest BCUT2D eigenvalue weighted by atomic mass is 16.5. The number of benzene rings is 1. The SMILES string of the molecule is CCOc1cc2c(nc1C(=O)NC)C(=N)N(CC(=O)c1cc(N3CCCC3)c(OCCOCC(=O)O)c(C(C)(C)C)c1)C2. The Kier molecular flexibility index (Phi) is 9.90. The maximum atomic E-state index is 13.8. The number of hydrogen-bond donors (Lipinski definition) is 3. The first-order valence-corrected chi connectivity index (χ1v) is 14.6. The van der Waals surface area contributed by atoms with Crippen LogP contribution in [0.2, 0.25) is 0 Å². The zero-order valence-corrected chi connectivity index (χ0v) is 25.5. The summed E-state index contributed by atoms with van der Waals surface area (Å²) in [5, 5.41) is 20.2. The number of Topliss-reactive ketones (excluding diaryl/α,β-unsaturated/α-hetero) is 1. The third kappa shape index (κ3) is 7.24. The second-order valence-electron chi connectivity index (χ2n) is 11.6. The minimum Gasteiger partial charge on any atom is -0.491 e. The molecule has 3 heterocycles. The van der Waals surface area contributed by atoms with Gasteiger partial charge in [0.2, 0.25) is 0 Å². The second-order valence-corrected chi connectivity index (χ2v) is 11.6. The second kappa shape index (κ2) is 13.4. The van der Waals surface area contributed by atoms with E-state index in [1.165, 1.54) is 7.05 Å². The predicted octanol–water partition coefficient (Wildman–Crippen LogP) is 3.24. The van der Waals surface area contributed by atoms with Gasteiger partial charge in [0.1, 0.15) is 30.5 Å². The van der Waals surface area contributed by atoms with Crippen molar-refractivity contribution < 1.29 is 33.7 Å². The molecule has 12 heteroatoms. The first-order valence-electron chi connectivity index (χ1n) is 14.6. The molecule has 2 aliphatic rings. The number of carbonyl (C=O) groups excluding carboxylic acids is 2. The number of hydrogen-bond acceptors (Lipinski definition) is 9. The third-order valence-corrected chi connectivity index (χ3v) is 7.39. The smallest absolute Gasteiger partial charge is 0.329 e. The highest BCUT2D eigenvalue weighted by Gasteiger charge is 2.32. The predicted molar refractivity (Wildman–Crippen MR) is 161 cm³/mol. The molecule has 4 rings (SSSR count). The van der Waals surface area contributed by atoms with Crippen molar-refractivity contribution in [3.05, 3.63) is 46.3 Å². The highest BCUT2D eigenvalue weighted by molar-refractivity contribution is 6.06. The number of rotatable bonds is 13. The van der Waals surface area contributed by atoms with Crippen molar-refractivity contribution in [1.82, 2.24) is 15.2 Å². The Balaban J connectivity index is 1.62. The molecular weight excluding hydrogens is 554 g/mol. The fourth-order valence-corrected chi connectivity index (χ4v) is 5.28. The molecule has 0 aliphatic carbocycles. The van der Waals surface area contributed by atoms with Crippen LogP contribution < -0.4 is 19.7 Å². The van der Waals surface area contributed by atoms with Crippen LogP contribution in [-0.4, -0.2) is 91.6 Å². The number of nitrogens with zero attached hydrogens (tertiary/aromatic N) is 3. The van der Waals surface area contributed by atoms with Gasteiger partial charge in [-0.2, -0.15) is 0 Å². The average molecular weight is 596 g/mol. The molecule has 0 bridgehead atoms. The van der Waals surface area contributed by atoms with Crippen molar-refractivity contribution in [3.8, 4) is 11.5 Å². The normalized spacial score (nSPS) is 14.6. The molecule has 1 aromatic carbocycles. The summed E-state index contributed by atoms with van der Waals surface area (Å²) in [5.41, 5.74) is 3.01. The Morgan fingerprint density at radius 2 is 1.81 bits per heavy atom. The molecule has 0 spiro atoms. The number of anilines is 1. The van der Waals surface area contributed by atoms with Crippen LogP contribution in [0, 0.1) is 5.41 Å². The van der Waals surface area contributed by atoms with E-state index in [0.29, 0.717) is 35.9 Å². The van der Waals surface area contributed by atoms with E-state index in [-0.39, 0.29) is 42.5 Å². The standard InChI is InChI=1S/C31H41N5O7/c1-6-42-24-15-20-16-36(29(32)26(20)34-27(24)30(40)33-5)17-23(37)19-13-21(31(2,3)4)28(43-12-11-41-18-25(38)39)22(14-19)35-9-7-8-10-35/h13-15,32H,6-12,16-18H2,1-5H3,(H,33,40)(H,38,39). The number of carbonyl (C=O) groups is 3. The maximum Gasteiger partial charge on any atom is 0.329 e. The van der Waals surface area contributed by atoms with Crippen LogP contribution >= 0.6 is 0 Å². The summed E-state index contributed by atoms with van der Waals surface area (Å²) in [6, 6.07) is 5.44. The molecule has 232 valence electrons. The van der Waals surface area contributed by atoms with Crippen LogP contribution in [0.5, 0.6) is 11.5 Å². The van der Waals surface area contributed by atoms with Gasteiger partial charge in [0.05, 0.1) is 25.4 Å². The van der Waals surface area contributed by atoms with Crippen LogP contribution in [0.3, 0.4) is 0 Å². The molecule has 2 aromatic rings. The molecular formula is C31H41N5O7. The van der Waals surface area contributed by atoms with E-state index >= 15 is 0 Å². The number of nitrogens with one attached hydrogen (secondary N) is 2. The summed E-state index contributed by atoms with van der Waals surface area (Å²) in [7, 11) is 1.51. The Labute approximate surface area is 251 Å². The first kappa shape index (κ1) is 31.7. The van der Waals surface area contributed by atoms with Gasteiger partial charge in [-0.3, -0.25) is 15.0 Å². The van der Waals surface area contributed by atoms with Crippen LogP contribution in [0.25, 0.3) is 0 Å². The Hall–Kier alpha value is -4.19. The number of ketones is 1. The van der Waals surface area contributed by atoms with Gasteiger partial charge in [0.25, 0.3) is 5.91 Å². The lowest BCUT2D eigenvalue weighted by Gasteiger charge is -2.29.